The Morgan fingerprint density at radius 1 is 0.900 bits per heavy atom. The fourth-order valence-corrected chi connectivity index (χ4v) is 4.93. The van der Waals surface area contributed by atoms with Crippen LogP contribution in [0.4, 0.5) is 0 Å². The molecule has 3 rings (SSSR count). The van der Waals surface area contributed by atoms with E-state index in [9.17, 15) is 4.79 Å². The molecule has 1 unspecified atom stereocenters. The number of carbonyl (C=O) groups is 1. The summed E-state index contributed by atoms with van der Waals surface area (Å²) in [6.45, 7) is 2.32. The summed E-state index contributed by atoms with van der Waals surface area (Å²) in [7, 11) is 0. The predicted molar refractivity (Wildman–Crippen MR) is 80.3 cm³/mol. The number of esters is 1. The van der Waals surface area contributed by atoms with Crippen molar-refractivity contribution < 1.29 is 9.53 Å². The predicted octanol–water partition coefficient (Wildman–Crippen LogP) is 4.71. The van der Waals surface area contributed by atoms with Crippen molar-refractivity contribution in [3.05, 3.63) is 0 Å². The first-order chi connectivity index (χ1) is 9.76. The first-order valence-electron chi connectivity index (χ1n) is 8.95. The van der Waals surface area contributed by atoms with E-state index >= 15 is 0 Å². The highest BCUT2D eigenvalue weighted by molar-refractivity contribution is 5.75. The minimum absolute atomic E-state index is 0.0198. The lowest BCUT2D eigenvalue weighted by Gasteiger charge is -2.41. The van der Waals surface area contributed by atoms with Crippen LogP contribution < -0.4 is 0 Å². The zero-order chi connectivity index (χ0) is 13.9. The highest BCUT2D eigenvalue weighted by atomic mass is 16.6. The molecule has 0 aromatic rings. The Morgan fingerprint density at radius 2 is 1.40 bits per heavy atom. The van der Waals surface area contributed by atoms with Gasteiger partial charge in [-0.05, 0) is 62.2 Å². The second-order valence-corrected chi connectivity index (χ2v) is 7.48. The second-order valence-electron chi connectivity index (χ2n) is 7.48. The van der Waals surface area contributed by atoms with Gasteiger partial charge < -0.3 is 4.74 Å². The molecule has 0 N–H and O–H groups in total. The van der Waals surface area contributed by atoms with Gasteiger partial charge >= 0.3 is 5.97 Å². The zero-order valence-electron chi connectivity index (χ0n) is 13.0. The number of carbonyl (C=O) groups excluding carboxylic acids is 1. The molecule has 0 aromatic heterocycles. The van der Waals surface area contributed by atoms with Crippen molar-refractivity contribution >= 4 is 5.97 Å². The lowest BCUT2D eigenvalue weighted by atomic mass is 9.67. The molecule has 1 heterocycles. The highest BCUT2D eigenvalue weighted by Gasteiger charge is 2.39. The van der Waals surface area contributed by atoms with E-state index in [0.717, 1.165) is 17.8 Å². The first-order valence-corrected chi connectivity index (χ1v) is 8.95. The van der Waals surface area contributed by atoms with Gasteiger partial charge in [0.05, 0.1) is 6.42 Å². The number of ether oxygens (including phenoxy) is 1. The Kier molecular flexibility index (Phi) is 4.68. The van der Waals surface area contributed by atoms with Gasteiger partial charge in [-0.25, -0.2) is 0 Å². The largest absolute Gasteiger partial charge is 0.461 e. The van der Waals surface area contributed by atoms with E-state index < -0.39 is 0 Å². The molecule has 3 fully saturated rings. The van der Waals surface area contributed by atoms with Crippen LogP contribution in [0.1, 0.15) is 77.6 Å². The average Bonchev–Trinajstić information content (AvgIpc) is 2.46. The Morgan fingerprint density at radius 3 is 1.90 bits per heavy atom. The Labute approximate surface area is 123 Å². The third kappa shape index (κ3) is 3.20. The van der Waals surface area contributed by atoms with Gasteiger partial charge in [-0.2, -0.15) is 0 Å². The topological polar surface area (TPSA) is 26.3 Å². The fraction of sp³-hybridized carbons (Fsp3) is 0.944. The molecule has 1 aliphatic heterocycles. The molecule has 1 saturated heterocycles. The quantitative estimate of drug-likeness (QED) is 0.696. The summed E-state index contributed by atoms with van der Waals surface area (Å²) in [6, 6.07) is 0. The van der Waals surface area contributed by atoms with Gasteiger partial charge in [0.2, 0.25) is 0 Å². The first kappa shape index (κ1) is 14.4. The zero-order valence-corrected chi connectivity index (χ0v) is 13.0. The molecule has 114 valence electrons. The molecule has 0 amide bonds. The van der Waals surface area contributed by atoms with E-state index in [1.54, 1.807) is 0 Å². The summed E-state index contributed by atoms with van der Waals surface area (Å²) in [4.78, 5) is 10.9. The van der Waals surface area contributed by atoms with Crippen molar-refractivity contribution in [3.63, 3.8) is 0 Å². The van der Waals surface area contributed by atoms with Crippen LogP contribution in [0.2, 0.25) is 0 Å². The van der Waals surface area contributed by atoms with Gasteiger partial charge in [-0.1, -0.05) is 32.6 Å². The molecular formula is C18H30O2. The van der Waals surface area contributed by atoms with Crippen LogP contribution >= 0.6 is 0 Å². The molecule has 2 saturated carbocycles. The van der Waals surface area contributed by atoms with Crippen LogP contribution in [0.3, 0.4) is 0 Å². The molecule has 2 heteroatoms. The van der Waals surface area contributed by atoms with Crippen LogP contribution in [0.25, 0.3) is 0 Å². The van der Waals surface area contributed by atoms with Crippen molar-refractivity contribution in [1.29, 1.82) is 0 Å². The molecule has 0 aromatic carbocycles. The molecule has 0 radical (unpaired) electrons. The summed E-state index contributed by atoms with van der Waals surface area (Å²) in [5.74, 6) is 3.71. The van der Waals surface area contributed by atoms with Gasteiger partial charge in [-0.15, -0.1) is 0 Å². The van der Waals surface area contributed by atoms with Crippen molar-refractivity contribution in [1.82, 2.24) is 0 Å². The highest BCUT2D eigenvalue weighted by Crippen LogP contribution is 2.44. The van der Waals surface area contributed by atoms with Crippen LogP contribution in [-0.4, -0.2) is 12.1 Å². The molecule has 0 spiro atoms. The van der Waals surface area contributed by atoms with Crippen molar-refractivity contribution in [2.45, 2.75) is 83.7 Å². The second kappa shape index (κ2) is 6.49. The maximum atomic E-state index is 10.9. The molecule has 0 bridgehead atoms. The Balaban J connectivity index is 1.39. The maximum Gasteiger partial charge on any atom is 0.309 e. The lowest BCUT2D eigenvalue weighted by molar-refractivity contribution is -0.176. The molecule has 20 heavy (non-hydrogen) atoms. The van der Waals surface area contributed by atoms with Crippen LogP contribution in [0.15, 0.2) is 0 Å². The smallest absolute Gasteiger partial charge is 0.309 e. The van der Waals surface area contributed by atoms with Gasteiger partial charge in [-0.3, -0.25) is 4.79 Å². The maximum absolute atomic E-state index is 10.9. The van der Waals surface area contributed by atoms with E-state index in [1.165, 1.54) is 64.2 Å². The van der Waals surface area contributed by atoms with Gasteiger partial charge in [0.15, 0.2) is 0 Å². The number of hydrogen-bond acceptors (Lipinski definition) is 2. The Bertz CT molecular complexity index is 314. The number of hydrogen-bond donors (Lipinski definition) is 0. The summed E-state index contributed by atoms with van der Waals surface area (Å²) < 4.78 is 5.26. The summed E-state index contributed by atoms with van der Waals surface area (Å²) in [5.41, 5.74) is 0. The summed E-state index contributed by atoms with van der Waals surface area (Å²) in [5, 5.41) is 0. The molecule has 1 atom stereocenters. The minimum Gasteiger partial charge on any atom is -0.461 e. The van der Waals surface area contributed by atoms with Crippen molar-refractivity contribution in [2.24, 2.45) is 23.7 Å². The van der Waals surface area contributed by atoms with Crippen molar-refractivity contribution in [3.8, 4) is 0 Å². The normalized spacial score (nSPS) is 41.9. The summed E-state index contributed by atoms with van der Waals surface area (Å²) in [6.07, 6.45) is 15.1. The average molecular weight is 278 g/mol. The Hall–Kier alpha value is -0.530. The van der Waals surface area contributed by atoms with E-state index in [-0.39, 0.29) is 12.1 Å². The SMILES string of the molecule is CCCC1CCC([C@H]2CC[C@@H](C3CC(=O)O3)CC2)CC1. The third-order valence-electron chi connectivity index (χ3n) is 6.25. The summed E-state index contributed by atoms with van der Waals surface area (Å²) >= 11 is 0. The van der Waals surface area contributed by atoms with Crippen LogP contribution in [0.5, 0.6) is 0 Å². The van der Waals surface area contributed by atoms with E-state index in [1.807, 2.05) is 0 Å². The van der Waals surface area contributed by atoms with Gasteiger partial charge in [0.1, 0.15) is 6.10 Å². The molecule has 2 aliphatic carbocycles. The minimum atomic E-state index is 0.0198. The van der Waals surface area contributed by atoms with E-state index in [4.69, 9.17) is 4.74 Å². The lowest BCUT2D eigenvalue weighted by Crippen LogP contribution is -2.41. The van der Waals surface area contributed by atoms with Gasteiger partial charge in [0, 0.05) is 0 Å². The van der Waals surface area contributed by atoms with Crippen molar-refractivity contribution in [2.75, 3.05) is 0 Å². The van der Waals surface area contributed by atoms with Crippen LogP contribution in [-0.2, 0) is 9.53 Å². The standard InChI is InChI=1S/C18H30O2/c1-2-3-13-4-6-14(7-5-13)15-8-10-16(11-9-15)17-12-18(19)20-17/h13-17H,2-12H2,1H3/t13?,14?,15-,16+,17?. The van der Waals surface area contributed by atoms with E-state index in [2.05, 4.69) is 6.92 Å². The fourth-order valence-electron chi connectivity index (χ4n) is 4.93. The number of rotatable bonds is 4. The van der Waals surface area contributed by atoms with Crippen LogP contribution in [0, 0.1) is 23.7 Å². The number of cyclic esters (lactones) is 1. The molecule has 3 aliphatic rings. The van der Waals surface area contributed by atoms with Gasteiger partial charge in [0.25, 0.3) is 0 Å². The molecule has 2 nitrogen and oxygen atoms in total. The van der Waals surface area contributed by atoms with E-state index in [0.29, 0.717) is 12.3 Å². The monoisotopic (exact) mass is 278 g/mol. The third-order valence-corrected chi connectivity index (χ3v) is 6.25. The molecular weight excluding hydrogens is 248 g/mol.